The fourth-order valence-corrected chi connectivity index (χ4v) is 2.15. The van der Waals surface area contributed by atoms with Gasteiger partial charge in [-0.2, -0.15) is 0 Å². The van der Waals surface area contributed by atoms with Gasteiger partial charge in [-0.25, -0.2) is 0 Å². The smallest absolute Gasteiger partial charge is 0.00493 e. The molecule has 0 aromatic heterocycles. The molecule has 0 aliphatic heterocycles. The lowest BCUT2D eigenvalue weighted by Gasteiger charge is -2.16. The van der Waals surface area contributed by atoms with Crippen LogP contribution in [0, 0.1) is 5.92 Å². The number of hydrogen-bond acceptors (Lipinski definition) is 1. The molecule has 92 valence electrons. The lowest BCUT2D eigenvalue weighted by Crippen LogP contribution is -2.13. The maximum Gasteiger partial charge on any atom is -0.00493 e. The molecule has 0 saturated heterocycles. The first-order valence-electron chi connectivity index (χ1n) is 6.99. The molecule has 1 nitrogen and oxygen atoms in total. The average Bonchev–Trinajstić information content (AvgIpc) is 2.25. The molecular weight excluding hydrogens is 182 g/mol. The average molecular weight is 213 g/mol. The van der Waals surface area contributed by atoms with Gasteiger partial charge in [-0.3, -0.25) is 0 Å². The van der Waals surface area contributed by atoms with E-state index in [1.54, 1.807) is 0 Å². The van der Waals surface area contributed by atoms with Crippen LogP contribution in [0.2, 0.25) is 0 Å². The highest BCUT2D eigenvalue weighted by atomic mass is 14.8. The Labute approximate surface area is 97.0 Å². The van der Waals surface area contributed by atoms with Gasteiger partial charge in [0.1, 0.15) is 0 Å². The molecule has 0 saturated carbocycles. The topological polar surface area (TPSA) is 12.0 Å². The van der Waals surface area contributed by atoms with Crippen LogP contribution in [0.5, 0.6) is 0 Å². The molecule has 0 bridgehead atoms. The highest BCUT2D eigenvalue weighted by Gasteiger charge is 2.07. The van der Waals surface area contributed by atoms with Gasteiger partial charge in [-0.1, -0.05) is 65.2 Å². The van der Waals surface area contributed by atoms with Crippen molar-refractivity contribution in [2.45, 2.75) is 71.6 Å². The van der Waals surface area contributed by atoms with E-state index in [-0.39, 0.29) is 0 Å². The molecule has 0 aromatic carbocycles. The van der Waals surface area contributed by atoms with Gasteiger partial charge >= 0.3 is 0 Å². The van der Waals surface area contributed by atoms with Crippen LogP contribution in [0.4, 0.5) is 0 Å². The predicted octanol–water partition coefficient (Wildman–Crippen LogP) is 4.37. The Morgan fingerprint density at radius 3 is 1.73 bits per heavy atom. The minimum absolute atomic E-state index is 0.982. The van der Waals surface area contributed by atoms with Crippen LogP contribution in [0.15, 0.2) is 0 Å². The fourth-order valence-electron chi connectivity index (χ4n) is 2.15. The van der Waals surface area contributed by atoms with Crippen molar-refractivity contribution in [3.05, 3.63) is 0 Å². The molecule has 0 amide bonds. The van der Waals surface area contributed by atoms with E-state index in [1.807, 2.05) is 0 Å². The Morgan fingerprint density at radius 2 is 1.33 bits per heavy atom. The summed E-state index contributed by atoms with van der Waals surface area (Å²) in [5.74, 6) is 0.982. The number of unbranched alkanes of at least 4 members (excludes halogenated alkanes) is 4. The Morgan fingerprint density at radius 1 is 0.800 bits per heavy atom. The van der Waals surface area contributed by atoms with Crippen LogP contribution in [0.1, 0.15) is 71.6 Å². The zero-order valence-electron chi connectivity index (χ0n) is 11.1. The lowest BCUT2D eigenvalue weighted by atomic mass is 9.92. The Kier molecular flexibility index (Phi) is 12.0. The lowest BCUT2D eigenvalue weighted by molar-refractivity contribution is 0.382. The van der Waals surface area contributed by atoms with Gasteiger partial charge in [0.15, 0.2) is 0 Å². The standard InChI is InChI=1S/C14H31N/c1-4-6-8-10-14(12-13-15-3)11-9-7-5-2/h14-15H,4-13H2,1-3H3. The first-order valence-corrected chi connectivity index (χ1v) is 6.99. The molecule has 0 unspecified atom stereocenters. The molecule has 0 radical (unpaired) electrons. The Bertz CT molecular complexity index is 102. The molecule has 0 aliphatic rings. The van der Waals surface area contributed by atoms with E-state index in [4.69, 9.17) is 0 Å². The fraction of sp³-hybridized carbons (Fsp3) is 1.00. The van der Waals surface area contributed by atoms with Crippen molar-refractivity contribution >= 4 is 0 Å². The maximum atomic E-state index is 3.28. The van der Waals surface area contributed by atoms with Gasteiger partial charge in [0, 0.05) is 0 Å². The van der Waals surface area contributed by atoms with Crippen molar-refractivity contribution in [2.75, 3.05) is 13.6 Å². The second-order valence-corrected chi connectivity index (χ2v) is 4.75. The molecule has 15 heavy (non-hydrogen) atoms. The van der Waals surface area contributed by atoms with Crippen LogP contribution in [0.3, 0.4) is 0 Å². The second-order valence-electron chi connectivity index (χ2n) is 4.75. The second kappa shape index (κ2) is 12.0. The summed E-state index contributed by atoms with van der Waals surface area (Å²) in [5.41, 5.74) is 0. The Hall–Kier alpha value is -0.0400. The van der Waals surface area contributed by atoms with Crippen molar-refractivity contribution in [1.29, 1.82) is 0 Å². The van der Waals surface area contributed by atoms with Crippen molar-refractivity contribution in [3.63, 3.8) is 0 Å². The van der Waals surface area contributed by atoms with Crippen LogP contribution < -0.4 is 5.32 Å². The van der Waals surface area contributed by atoms with Gasteiger partial charge in [0.05, 0.1) is 0 Å². The Balaban J connectivity index is 3.53. The van der Waals surface area contributed by atoms with Crippen molar-refractivity contribution < 1.29 is 0 Å². The minimum atomic E-state index is 0.982. The number of hydrogen-bond donors (Lipinski definition) is 1. The van der Waals surface area contributed by atoms with Crippen LogP contribution >= 0.6 is 0 Å². The summed E-state index contributed by atoms with van der Waals surface area (Å²) < 4.78 is 0. The molecule has 0 fully saturated rings. The molecule has 0 atom stereocenters. The number of nitrogens with one attached hydrogen (secondary N) is 1. The summed E-state index contributed by atoms with van der Waals surface area (Å²) in [7, 11) is 2.06. The SMILES string of the molecule is CCCCCC(CCCCC)CCNC. The first-order chi connectivity index (χ1) is 7.35. The number of rotatable bonds is 11. The van der Waals surface area contributed by atoms with E-state index in [9.17, 15) is 0 Å². The van der Waals surface area contributed by atoms with Crippen molar-refractivity contribution in [3.8, 4) is 0 Å². The third-order valence-electron chi connectivity index (χ3n) is 3.23. The van der Waals surface area contributed by atoms with E-state index in [1.165, 1.54) is 64.3 Å². The summed E-state index contributed by atoms with van der Waals surface area (Å²) in [6.07, 6.45) is 12.7. The monoisotopic (exact) mass is 213 g/mol. The van der Waals surface area contributed by atoms with Crippen LogP contribution in [-0.2, 0) is 0 Å². The summed E-state index contributed by atoms with van der Waals surface area (Å²) in [6.45, 7) is 5.78. The highest BCUT2D eigenvalue weighted by molar-refractivity contribution is 4.61. The van der Waals surface area contributed by atoms with Crippen molar-refractivity contribution in [2.24, 2.45) is 5.92 Å². The predicted molar refractivity (Wildman–Crippen MR) is 70.3 cm³/mol. The minimum Gasteiger partial charge on any atom is -0.320 e. The molecule has 0 aromatic rings. The van der Waals surface area contributed by atoms with Gasteiger partial charge in [-0.05, 0) is 25.9 Å². The van der Waals surface area contributed by atoms with E-state index in [0.29, 0.717) is 0 Å². The third kappa shape index (κ3) is 10.2. The van der Waals surface area contributed by atoms with E-state index in [2.05, 4.69) is 26.2 Å². The maximum absolute atomic E-state index is 3.28. The quantitative estimate of drug-likeness (QED) is 0.502. The largest absolute Gasteiger partial charge is 0.320 e. The molecule has 0 heterocycles. The summed E-state index contributed by atoms with van der Waals surface area (Å²) in [5, 5.41) is 3.28. The molecular formula is C14H31N. The summed E-state index contributed by atoms with van der Waals surface area (Å²) >= 11 is 0. The van der Waals surface area contributed by atoms with Gasteiger partial charge in [0.2, 0.25) is 0 Å². The normalized spacial score (nSPS) is 11.2. The molecule has 1 N–H and O–H groups in total. The van der Waals surface area contributed by atoms with E-state index < -0.39 is 0 Å². The zero-order valence-corrected chi connectivity index (χ0v) is 11.1. The molecule has 1 heteroatoms. The molecule has 0 aliphatic carbocycles. The van der Waals surface area contributed by atoms with Crippen molar-refractivity contribution in [1.82, 2.24) is 5.32 Å². The van der Waals surface area contributed by atoms with Crippen LogP contribution in [-0.4, -0.2) is 13.6 Å². The van der Waals surface area contributed by atoms with E-state index >= 15 is 0 Å². The van der Waals surface area contributed by atoms with Gasteiger partial charge < -0.3 is 5.32 Å². The zero-order chi connectivity index (χ0) is 11.4. The third-order valence-corrected chi connectivity index (χ3v) is 3.23. The van der Waals surface area contributed by atoms with Crippen LogP contribution in [0.25, 0.3) is 0 Å². The molecule has 0 spiro atoms. The summed E-state index contributed by atoms with van der Waals surface area (Å²) in [4.78, 5) is 0. The molecule has 0 rings (SSSR count). The van der Waals surface area contributed by atoms with E-state index in [0.717, 1.165) is 5.92 Å². The first kappa shape index (κ1) is 15.0. The summed E-state index contributed by atoms with van der Waals surface area (Å²) in [6, 6.07) is 0. The van der Waals surface area contributed by atoms with Gasteiger partial charge in [0.25, 0.3) is 0 Å². The highest BCUT2D eigenvalue weighted by Crippen LogP contribution is 2.20. The van der Waals surface area contributed by atoms with Gasteiger partial charge in [-0.15, -0.1) is 0 Å².